The number of methoxy groups -OCH3 is 2. The van der Waals surface area contributed by atoms with Gasteiger partial charge in [0.1, 0.15) is 11.5 Å². The highest BCUT2D eigenvalue weighted by Gasteiger charge is 2.37. The van der Waals surface area contributed by atoms with Crippen molar-refractivity contribution in [3.8, 4) is 11.5 Å². The van der Waals surface area contributed by atoms with Crippen molar-refractivity contribution in [2.24, 2.45) is 0 Å². The van der Waals surface area contributed by atoms with Crippen molar-refractivity contribution >= 4 is 26.2 Å². The number of rotatable bonds is 12. The van der Waals surface area contributed by atoms with Gasteiger partial charge in [-0.2, -0.15) is 0 Å². The van der Waals surface area contributed by atoms with Gasteiger partial charge in [-0.25, -0.2) is 0 Å². The number of nitro groups is 1. The van der Waals surface area contributed by atoms with Crippen LogP contribution in [0.2, 0.25) is 18.1 Å². The first-order chi connectivity index (χ1) is 16.0. The van der Waals surface area contributed by atoms with Crippen LogP contribution in [-0.4, -0.2) is 41.0 Å². The molecule has 0 aliphatic rings. The Labute approximate surface area is 202 Å². The molecule has 0 unspecified atom stereocenters. The molecule has 0 aromatic heterocycles. The minimum absolute atomic E-state index is 0.0384. The van der Waals surface area contributed by atoms with Gasteiger partial charge in [0.05, 0.1) is 17.1 Å². The highest BCUT2D eigenvalue weighted by Crippen LogP contribution is 2.38. The second-order valence-electron chi connectivity index (χ2n) is 9.34. The highest BCUT2D eigenvalue weighted by molar-refractivity contribution is 6.74. The summed E-state index contributed by atoms with van der Waals surface area (Å²) in [6.45, 7) is 11.6. The number of ether oxygens (including phenoxy) is 4. The van der Waals surface area contributed by atoms with E-state index in [1.54, 1.807) is 26.4 Å². The minimum Gasteiger partial charge on any atom is -0.467 e. The zero-order valence-electron chi connectivity index (χ0n) is 21.0. The van der Waals surface area contributed by atoms with Gasteiger partial charge >= 0.3 is 0 Å². The maximum absolute atomic E-state index is 10.9. The van der Waals surface area contributed by atoms with Crippen LogP contribution in [0.25, 0.3) is 12.2 Å². The average Bonchev–Trinajstić information content (AvgIpc) is 2.78. The SMILES string of the molecule is COCOc1cc(CO[Si](C)(C)C(C)(C)C)cc(OCOC)c1/C=C/c1ccc([N+](=O)[O-])cc1. The number of benzene rings is 2. The molecule has 9 heteroatoms. The van der Waals surface area contributed by atoms with Gasteiger partial charge in [-0.05, 0) is 59.6 Å². The molecule has 0 aliphatic heterocycles. The number of non-ortho nitro benzene ring substituents is 1. The summed E-state index contributed by atoms with van der Waals surface area (Å²) < 4.78 is 28.3. The van der Waals surface area contributed by atoms with Crippen molar-refractivity contribution < 1.29 is 28.3 Å². The summed E-state index contributed by atoms with van der Waals surface area (Å²) in [4.78, 5) is 10.5. The van der Waals surface area contributed by atoms with E-state index in [-0.39, 0.29) is 24.3 Å². The van der Waals surface area contributed by atoms with Gasteiger partial charge in [-0.1, -0.05) is 26.8 Å². The van der Waals surface area contributed by atoms with Crippen LogP contribution in [0.3, 0.4) is 0 Å². The van der Waals surface area contributed by atoms with E-state index in [4.69, 9.17) is 23.4 Å². The zero-order chi connectivity index (χ0) is 25.4. The molecule has 186 valence electrons. The van der Waals surface area contributed by atoms with Crippen molar-refractivity contribution in [1.82, 2.24) is 0 Å². The van der Waals surface area contributed by atoms with Crippen molar-refractivity contribution in [3.63, 3.8) is 0 Å². The summed E-state index contributed by atoms with van der Waals surface area (Å²) in [5, 5.41) is 11.0. The van der Waals surface area contributed by atoms with Crippen LogP contribution < -0.4 is 9.47 Å². The number of hydrogen-bond acceptors (Lipinski definition) is 7. The van der Waals surface area contributed by atoms with Gasteiger partial charge < -0.3 is 23.4 Å². The van der Waals surface area contributed by atoms with Crippen molar-refractivity contribution in [3.05, 3.63) is 63.2 Å². The second kappa shape index (κ2) is 12.1. The first-order valence-electron chi connectivity index (χ1n) is 11.0. The molecule has 2 aromatic carbocycles. The van der Waals surface area contributed by atoms with Gasteiger partial charge in [0, 0.05) is 26.4 Å². The largest absolute Gasteiger partial charge is 0.467 e. The molecule has 0 amide bonds. The van der Waals surface area contributed by atoms with Crippen LogP contribution in [-0.2, 0) is 20.5 Å². The zero-order valence-corrected chi connectivity index (χ0v) is 22.0. The molecule has 2 aromatic rings. The Morgan fingerprint density at radius 3 is 1.91 bits per heavy atom. The maximum atomic E-state index is 10.9. The first kappa shape index (κ1) is 27.5. The minimum atomic E-state index is -1.95. The third kappa shape index (κ3) is 7.66. The molecule has 0 N–H and O–H groups in total. The van der Waals surface area contributed by atoms with Gasteiger partial charge in [0.2, 0.25) is 0 Å². The average molecular weight is 490 g/mol. The monoisotopic (exact) mass is 489 g/mol. The molecule has 0 heterocycles. The van der Waals surface area contributed by atoms with Crippen LogP contribution >= 0.6 is 0 Å². The Morgan fingerprint density at radius 2 is 1.47 bits per heavy atom. The maximum Gasteiger partial charge on any atom is 0.269 e. The predicted octanol–water partition coefficient (Wildman–Crippen LogP) is 6.25. The van der Waals surface area contributed by atoms with Crippen molar-refractivity contribution in [2.45, 2.75) is 45.5 Å². The molecule has 2 rings (SSSR count). The lowest BCUT2D eigenvalue weighted by Crippen LogP contribution is -2.40. The Morgan fingerprint density at radius 1 is 0.941 bits per heavy atom. The number of nitrogens with zero attached hydrogens (tertiary/aromatic N) is 1. The van der Waals surface area contributed by atoms with Crippen LogP contribution in [0.15, 0.2) is 36.4 Å². The summed E-state index contributed by atoms with van der Waals surface area (Å²) in [6, 6.07) is 10.1. The van der Waals surface area contributed by atoms with Crippen LogP contribution in [0.4, 0.5) is 5.69 Å². The van der Waals surface area contributed by atoms with E-state index in [1.165, 1.54) is 12.1 Å². The van der Waals surface area contributed by atoms with E-state index in [2.05, 4.69) is 33.9 Å². The topological polar surface area (TPSA) is 89.3 Å². The quantitative estimate of drug-likeness (QED) is 0.114. The summed E-state index contributed by atoms with van der Waals surface area (Å²) in [5.41, 5.74) is 2.45. The Balaban J connectivity index is 2.42. The van der Waals surface area contributed by atoms with E-state index < -0.39 is 13.2 Å². The molecular weight excluding hydrogens is 454 g/mol. The third-order valence-electron chi connectivity index (χ3n) is 5.78. The van der Waals surface area contributed by atoms with Gasteiger partial charge in [0.25, 0.3) is 5.69 Å². The fraction of sp³-hybridized carbons (Fsp3) is 0.440. The van der Waals surface area contributed by atoms with Gasteiger partial charge in [-0.15, -0.1) is 0 Å². The lowest BCUT2D eigenvalue weighted by molar-refractivity contribution is -0.384. The molecule has 0 aliphatic carbocycles. The van der Waals surface area contributed by atoms with Crippen molar-refractivity contribution in [2.75, 3.05) is 27.8 Å². The van der Waals surface area contributed by atoms with Gasteiger partial charge in [-0.3, -0.25) is 10.1 Å². The lowest BCUT2D eigenvalue weighted by Gasteiger charge is -2.36. The molecule has 0 atom stereocenters. The van der Waals surface area contributed by atoms with E-state index >= 15 is 0 Å². The molecule has 0 bridgehead atoms. The van der Waals surface area contributed by atoms with Crippen molar-refractivity contribution in [1.29, 1.82) is 0 Å². The lowest BCUT2D eigenvalue weighted by atomic mass is 10.1. The Bertz CT molecular complexity index is 953. The van der Waals surface area contributed by atoms with E-state index in [9.17, 15) is 10.1 Å². The molecule has 0 radical (unpaired) electrons. The van der Waals surface area contributed by atoms with E-state index in [0.29, 0.717) is 23.7 Å². The number of hydrogen-bond donors (Lipinski definition) is 0. The van der Waals surface area contributed by atoms with Crippen LogP contribution in [0.5, 0.6) is 11.5 Å². The van der Waals surface area contributed by atoms with Gasteiger partial charge in [0.15, 0.2) is 21.9 Å². The predicted molar refractivity (Wildman–Crippen MR) is 135 cm³/mol. The fourth-order valence-corrected chi connectivity index (χ4v) is 3.71. The summed E-state index contributed by atoms with van der Waals surface area (Å²) in [7, 11) is 1.16. The second-order valence-corrected chi connectivity index (χ2v) is 14.1. The van der Waals surface area contributed by atoms with E-state index in [0.717, 1.165) is 11.1 Å². The van der Waals surface area contributed by atoms with Crippen LogP contribution in [0.1, 0.15) is 37.5 Å². The number of nitro benzene ring substituents is 1. The smallest absolute Gasteiger partial charge is 0.269 e. The Kier molecular flexibility index (Phi) is 9.81. The molecule has 0 spiro atoms. The summed E-state index contributed by atoms with van der Waals surface area (Å²) in [6.07, 6.45) is 3.68. The molecule has 0 saturated heterocycles. The molecule has 0 fully saturated rings. The normalized spacial score (nSPS) is 12.2. The van der Waals surface area contributed by atoms with E-state index in [1.807, 2.05) is 24.3 Å². The molecule has 34 heavy (non-hydrogen) atoms. The standard InChI is InChI=1S/C25H35NO7Si/c1-25(2,3)34(6,7)33-16-20-14-23(31-17-29-4)22(24(15-20)32-18-30-5)13-10-19-8-11-21(12-9-19)26(27)28/h8-15H,16-18H2,1-7H3/b13-10+. The van der Waals surface area contributed by atoms with Crippen LogP contribution in [0, 0.1) is 10.1 Å². The summed E-state index contributed by atoms with van der Waals surface area (Å²) in [5.74, 6) is 1.14. The molecule has 8 nitrogen and oxygen atoms in total. The highest BCUT2D eigenvalue weighted by atomic mass is 28.4. The molecular formula is C25H35NO7Si. The third-order valence-corrected chi connectivity index (χ3v) is 10.3. The molecule has 0 saturated carbocycles. The first-order valence-corrected chi connectivity index (χ1v) is 13.9. The Hall–Kier alpha value is -2.72. The summed E-state index contributed by atoms with van der Waals surface area (Å²) >= 11 is 0. The fourth-order valence-electron chi connectivity index (χ4n) is 2.75.